The number of para-hydroxylation sites is 1. The van der Waals surface area contributed by atoms with Crippen LogP contribution in [0.2, 0.25) is 0 Å². The van der Waals surface area contributed by atoms with Gasteiger partial charge in [-0.15, -0.1) is 0 Å². The first-order valence-electron chi connectivity index (χ1n) is 5.60. The van der Waals surface area contributed by atoms with Crippen molar-refractivity contribution < 1.29 is 19.1 Å². The first kappa shape index (κ1) is 14.0. The van der Waals surface area contributed by atoms with E-state index in [4.69, 9.17) is 10.5 Å². The molecule has 1 aromatic carbocycles. The second kappa shape index (κ2) is 6.05. The van der Waals surface area contributed by atoms with E-state index < -0.39 is 11.9 Å². The van der Waals surface area contributed by atoms with E-state index in [1.807, 2.05) is 0 Å². The molecule has 18 heavy (non-hydrogen) atoms. The SMILES string of the molecule is COC(=O)Cc1cccc(C(=O)OC(C)C)c1N. The molecular formula is C13H17NO4. The van der Waals surface area contributed by atoms with Crippen molar-refractivity contribution >= 4 is 17.6 Å². The van der Waals surface area contributed by atoms with Crippen molar-refractivity contribution in [3.8, 4) is 0 Å². The molecule has 0 bridgehead atoms. The summed E-state index contributed by atoms with van der Waals surface area (Å²) in [7, 11) is 1.30. The molecule has 0 aliphatic carbocycles. The normalized spacial score (nSPS) is 10.2. The number of rotatable bonds is 4. The molecular weight excluding hydrogens is 234 g/mol. The van der Waals surface area contributed by atoms with Gasteiger partial charge in [0.05, 0.1) is 25.2 Å². The predicted octanol–water partition coefficient (Wildman–Crippen LogP) is 1.55. The van der Waals surface area contributed by atoms with Gasteiger partial charge in [0, 0.05) is 5.69 Å². The van der Waals surface area contributed by atoms with Gasteiger partial charge < -0.3 is 15.2 Å². The number of hydrogen-bond acceptors (Lipinski definition) is 5. The van der Waals surface area contributed by atoms with Crippen LogP contribution in [0.4, 0.5) is 5.69 Å². The third-order valence-corrected chi connectivity index (χ3v) is 2.32. The highest BCUT2D eigenvalue weighted by atomic mass is 16.5. The molecule has 0 atom stereocenters. The predicted molar refractivity (Wildman–Crippen MR) is 67.1 cm³/mol. The Balaban J connectivity index is 2.98. The summed E-state index contributed by atoms with van der Waals surface area (Å²) >= 11 is 0. The quantitative estimate of drug-likeness (QED) is 0.648. The second-order valence-corrected chi connectivity index (χ2v) is 4.09. The minimum absolute atomic E-state index is 0.0329. The summed E-state index contributed by atoms with van der Waals surface area (Å²) in [6, 6.07) is 4.91. The van der Waals surface area contributed by atoms with Crippen LogP contribution in [0.25, 0.3) is 0 Å². The van der Waals surface area contributed by atoms with Crippen LogP contribution in [-0.4, -0.2) is 25.2 Å². The number of nitrogens with two attached hydrogens (primary N) is 1. The fraction of sp³-hybridized carbons (Fsp3) is 0.385. The molecule has 0 spiro atoms. The van der Waals surface area contributed by atoms with Gasteiger partial charge in [0.25, 0.3) is 0 Å². The molecule has 0 saturated carbocycles. The maximum atomic E-state index is 11.8. The van der Waals surface area contributed by atoms with Crippen LogP contribution in [0.5, 0.6) is 0 Å². The minimum atomic E-state index is -0.491. The Kier molecular flexibility index (Phi) is 4.71. The molecule has 0 aliphatic heterocycles. The maximum Gasteiger partial charge on any atom is 0.340 e. The van der Waals surface area contributed by atoms with Crippen LogP contribution in [0, 0.1) is 0 Å². The van der Waals surface area contributed by atoms with Gasteiger partial charge in [0.15, 0.2) is 0 Å². The lowest BCUT2D eigenvalue weighted by atomic mass is 10.0. The van der Waals surface area contributed by atoms with E-state index in [1.54, 1.807) is 32.0 Å². The Bertz CT molecular complexity index is 454. The number of nitrogen functional groups attached to an aromatic ring is 1. The number of esters is 2. The van der Waals surface area contributed by atoms with Crippen molar-refractivity contribution in [2.75, 3.05) is 12.8 Å². The van der Waals surface area contributed by atoms with Gasteiger partial charge >= 0.3 is 11.9 Å². The molecule has 1 rings (SSSR count). The average molecular weight is 251 g/mol. The van der Waals surface area contributed by atoms with E-state index in [1.165, 1.54) is 7.11 Å². The molecule has 5 heteroatoms. The highest BCUT2D eigenvalue weighted by molar-refractivity contribution is 5.96. The Morgan fingerprint density at radius 3 is 2.56 bits per heavy atom. The molecule has 0 heterocycles. The van der Waals surface area contributed by atoms with Crippen molar-refractivity contribution in [3.63, 3.8) is 0 Å². The molecule has 0 aromatic heterocycles. The fourth-order valence-corrected chi connectivity index (χ4v) is 1.45. The molecule has 0 aliphatic rings. The van der Waals surface area contributed by atoms with Crippen LogP contribution in [0.15, 0.2) is 18.2 Å². The number of anilines is 1. The maximum absolute atomic E-state index is 11.8. The van der Waals surface area contributed by atoms with E-state index in [0.717, 1.165) is 0 Å². The third-order valence-electron chi connectivity index (χ3n) is 2.32. The summed E-state index contributed by atoms with van der Waals surface area (Å²) in [6.07, 6.45) is -0.188. The summed E-state index contributed by atoms with van der Waals surface area (Å²) in [5, 5.41) is 0. The number of ether oxygens (including phenoxy) is 2. The van der Waals surface area contributed by atoms with Crippen molar-refractivity contribution in [3.05, 3.63) is 29.3 Å². The molecule has 0 saturated heterocycles. The van der Waals surface area contributed by atoms with Crippen molar-refractivity contribution in [2.24, 2.45) is 0 Å². The third kappa shape index (κ3) is 3.48. The summed E-state index contributed by atoms with van der Waals surface area (Å²) < 4.78 is 9.63. The van der Waals surface area contributed by atoms with E-state index in [9.17, 15) is 9.59 Å². The zero-order chi connectivity index (χ0) is 13.7. The number of benzene rings is 1. The zero-order valence-electron chi connectivity index (χ0n) is 10.7. The van der Waals surface area contributed by atoms with Crippen molar-refractivity contribution in [2.45, 2.75) is 26.4 Å². The molecule has 98 valence electrons. The Morgan fingerprint density at radius 2 is 2.00 bits per heavy atom. The van der Waals surface area contributed by atoms with Crippen LogP contribution >= 0.6 is 0 Å². The van der Waals surface area contributed by atoms with Crippen LogP contribution in [-0.2, 0) is 20.7 Å². The Morgan fingerprint density at radius 1 is 1.33 bits per heavy atom. The Hall–Kier alpha value is -2.04. The first-order chi connectivity index (χ1) is 8.45. The molecule has 0 unspecified atom stereocenters. The number of hydrogen-bond donors (Lipinski definition) is 1. The number of methoxy groups -OCH3 is 1. The van der Waals surface area contributed by atoms with E-state index >= 15 is 0 Å². The van der Waals surface area contributed by atoms with Gasteiger partial charge in [0.2, 0.25) is 0 Å². The summed E-state index contributed by atoms with van der Waals surface area (Å²) in [6.45, 7) is 3.51. The first-order valence-corrected chi connectivity index (χ1v) is 5.60. The summed E-state index contributed by atoms with van der Waals surface area (Å²) in [4.78, 5) is 23.0. The Labute approximate surface area is 106 Å². The van der Waals surface area contributed by atoms with Gasteiger partial charge in [-0.25, -0.2) is 4.79 Å². The molecule has 2 N–H and O–H groups in total. The van der Waals surface area contributed by atoms with E-state index in [-0.39, 0.29) is 23.8 Å². The largest absolute Gasteiger partial charge is 0.469 e. The van der Waals surface area contributed by atoms with E-state index in [2.05, 4.69) is 4.74 Å². The summed E-state index contributed by atoms with van der Waals surface area (Å²) in [5.74, 6) is -0.898. The lowest BCUT2D eigenvalue weighted by molar-refractivity contribution is -0.139. The van der Waals surface area contributed by atoms with Crippen LogP contribution in [0.1, 0.15) is 29.8 Å². The standard InChI is InChI=1S/C13H17NO4/c1-8(2)18-13(16)10-6-4-5-9(12(10)14)7-11(15)17-3/h4-6,8H,7,14H2,1-3H3. The van der Waals surface area contributed by atoms with Gasteiger partial charge in [-0.05, 0) is 25.5 Å². The van der Waals surface area contributed by atoms with Crippen LogP contribution in [0.3, 0.4) is 0 Å². The highest BCUT2D eigenvalue weighted by Crippen LogP contribution is 2.20. The van der Waals surface area contributed by atoms with Gasteiger partial charge in [0.1, 0.15) is 0 Å². The minimum Gasteiger partial charge on any atom is -0.469 e. The second-order valence-electron chi connectivity index (χ2n) is 4.09. The topological polar surface area (TPSA) is 78.6 Å². The van der Waals surface area contributed by atoms with Crippen LogP contribution < -0.4 is 5.73 Å². The lowest BCUT2D eigenvalue weighted by Gasteiger charge is -2.12. The molecule has 1 aromatic rings. The molecule has 0 amide bonds. The molecule has 5 nitrogen and oxygen atoms in total. The lowest BCUT2D eigenvalue weighted by Crippen LogP contribution is -2.15. The zero-order valence-corrected chi connectivity index (χ0v) is 10.7. The molecule has 0 fully saturated rings. The van der Waals surface area contributed by atoms with E-state index in [0.29, 0.717) is 5.56 Å². The average Bonchev–Trinajstić information content (AvgIpc) is 2.30. The van der Waals surface area contributed by atoms with Crippen molar-refractivity contribution in [1.82, 2.24) is 0 Å². The smallest absolute Gasteiger partial charge is 0.340 e. The highest BCUT2D eigenvalue weighted by Gasteiger charge is 2.16. The number of carbonyl (C=O) groups is 2. The van der Waals surface area contributed by atoms with Gasteiger partial charge in [-0.2, -0.15) is 0 Å². The van der Waals surface area contributed by atoms with Gasteiger partial charge in [-0.3, -0.25) is 4.79 Å². The monoisotopic (exact) mass is 251 g/mol. The fourth-order valence-electron chi connectivity index (χ4n) is 1.45. The number of carbonyl (C=O) groups excluding carboxylic acids is 2. The van der Waals surface area contributed by atoms with Gasteiger partial charge in [-0.1, -0.05) is 12.1 Å². The molecule has 0 radical (unpaired) electrons. The van der Waals surface area contributed by atoms with Crippen molar-refractivity contribution in [1.29, 1.82) is 0 Å². The summed E-state index contributed by atoms with van der Waals surface area (Å²) in [5.41, 5.74) is 6.94.